The van der Waals surface area contributed by atoms with Gasteiger partial charge in [-0.25, -0.2) is 15.0 Å². The van der Waals surface area contributed by atoms with Gasteiger partial charge in [0.05, 0.1) is 18.3 Å². The van der Waals surface area contributed by atoms with Crippen LogP contribution in [0.15, 0.2) is 60.7 Å². The first-order valence-corrected chi connectivity index (χ1v) is 8.58. The SMILES string of the molecule is COc1ccc(Cl)cc1-c1nc(-c2cccc(C)n2)nc2ccccc12. The maximum Gasteiger partial charge on any atom is 0.179 e. The van der Waals surface area contributed by atoms with Crippen molar-refractivity contribution in [3.05, 3.63) is 71.4 Å². The Morgan fingerprint density at radius 1 is 0.885 bits per heavy atom. The van der Waals surface area contributed by atoms with E-state index in [4.69, 9.17) is 26.3 Å². The summed E-state index contributed by atoms with van der Waals surface area (Å²) < 4.78 is 5.53. The number of aromatic nitrogens is 3. The Morgan fingerprint density at radius 3 is 2.54 bits per heavy atom. The quantitative estimate of drug-likeness (QED) is 0.495. The van der Waals surface area contributed by atoms with Crippen LogP contribution in [-0.2, 0) is 0 Å². The molecule has 0 atom stereocenters. The van der Waals surface area contributed by atoms with Crippen LogP contribution in [0.25, 0.3) is 33.7 Å². The molecule has 2 heterocycles. The molecular weight excluding hydrogens is 346 g/mol. The van der Waals surface area contributed by atoms with Crippen LogP contribution in [0.3, 0.4) is 0 Å². The minimum Gasteiger partial charge on any atom is -0.496 e. The standard InChI is InChI=1S/C21H16ClN3O/c1-13-6-5-9-18(23-13)21-24-17-8-4-3-7-15(17)20(25-21)16-12-14(22)10-11-19(16)26-2/h3-12H,1-2H3. The first-order valence-electron chi connectivity index (χ1n) is 8.20. The molecular formula is C21H16ClN3O. The second-order valence-corrected chi connectivity index (χ2v) is 6.36. The summed E-state index contributed by atoms with van der Waals surface area (Å²) in [7, 11) is 1.64. The summed E-state index contributed by atoms with van der Waals surface area (Å²) in [6.45, 7) is 1.95. The van der Waals surface area contributed by atoms with Crippen molar-refractivity contribution in [3.63, 3.8) is 0 Å². The van der Waals surface area contributed by atoms with E-state index in [1.54, 1.807) is 13.2 Å². The van der Waals surface area contributed by atoms with Crippen LogP contribution in [0.4, 0.5) is 0 Å². The monoisotopic (exact) mass is 361 g/mol. The molecule has 0 bridgehead atoms. The first-order chi connectivity index (χ1) is 12.7. The van der Waals surface area contributed by atoms with Crippen molar-refractivity contribution in [1.82, 2.24) is 15.0 Å². The molecule has 4 aromatic rings. The van der Waals surface area contributed by atoms with E-state index < -0.39 is 0 Å². The van der Waals surface area contributed by atoms with Gasteiger partial charge in [0, 0.05) is 21.7 Å². The predicted octanol–water partition coefficient (Wildman–Crippen LogP) is 5.33. The lowest BCUT2D eigenvalue weighted by Gasteiger charge is -2.12. The highest BCUT2D eigenvalue weighted by atomic mass is 35.5. The van der Waals surface area contributed by atoms with Gasteiger partial charge in [-0.1, -0.05) is 35.9 Å². The van der Waals surface area contributed by atoms with Crippen molar-refractivity contribution in [2.24, 2.45) is 0 Å². The highest BCUT2D eigenvalue weighted by molar-refractivity contribution is 6.31. The molecule has 0 saturated carbocycles. The van der Waals surface area contributed by atoms with Crippen LogP contribution >= 0.6 is 11.6 Å². The van der Waals surface area contributed by atoms with Crippen LogP contribution in [-0.4, -0.2) is 22.1 Å². The number of hydrogen-bond donors (Lipinski definition) is 0. The summed E-state index contributed by atoms with van der Waals surface area (Å²) in [6, 6.07) is 19.2. The van der Waals surface area contributed by atoms with Crippen molar-refractivity contribution < 1.29 is 4.74 Å². The van der Waals surface area contributed by atoms with E-state index in [2.05, 4.69) is 4.98 Å². The number of halogens is 1. The summed E-state index contributed by atoms with van der Waals surface area (Å²) in [5.41, 5.74) is 4.10. The van der Waals surface area contributed by atoms with Gasteiger partial charge in [-0.05, 0) is 43.3 Å². The third-order valence-electron chi connectivity index (χ3n) is 4.14. The Balaban J connectivity index is 2.04. The van der Waals surface area contributed by atoms with Crippen molar-refractivity contribution in [1.29, 1.82) is 0 Å². The van der Waals surface area contributed by atoms with E-state index in [0.717, 1.165) is 33.5 Å². The number of benzene rings is 2. The van der Waals surface area contributed by atoms with E-state index >= 15 is 0 Å². The molecule has 128 valence electrons. The van der Waals surface area contributed by atoms with Crippen LogP contribution in [0.2, 0.25) is 5.02 Å². The van der Waals surface area contributed by atoms with Gasteiger partial charge in [-0.15, -0.1) is 0 Å². The minimum atomic E-state index is 0.574. The van der Waals surface area contributed by atoms with Gasteiger partial charge >= 0.3 is 0 Å². The smallest absolute Gasteiger partial charge is 0.179 e. The lowest BCUT2D eigenvalue weighted by molar-refractivity contribution is 0.416. The summed E-state index contributed by atoms with van der Waals surface area (Å²) >= 11 is 6.24. The van der Waals surface area contributed by atoms with Gasteiger partial charge in [-0.2, -0.15) is 0 Å². The molecule has 0 N–H and O–H groups in total. The molecule has 5 heteroatoms. The maximum atomic E-state index is 6.24. The maximum absolute atomic E-state index is 6.24. The topological polar surface area (TPSA) is 47.9 Å². The third-order valence-corrected chi connectivity index (χ3v) is 4.37. The van der Waals surface area contributed by atoms with Crippen LogP contribution < -0.4 is 4.74 Å². The second kappa shape index (κ2) is 6.73. The molecule has 0 radical (unpaired) electrons. The zero-order valence-corrected chi connectivity index (χ0v) is 15.2. The number of rotatable bonds is 3. The van der Waals surface area contributed by atoms with Crippen molar-refractivity contribution >= 4 is 22.5 Å². The van der Waals surface area contributed by atoms with Crippen LogP contribution in [0, 0.1) is 6.92 Å². The fourth-order valence-electron chi connectivity index (χ4n) is 2.93. The molecule has 0 aliphatic carbocycles. The lowest BCUT2D eigenvalue weighted by atomic mass is 10.0. The molecule has 0 spiro atoms. The molecule has 2 aromatic heterocycles. The molecule has 0 aliphatic heterocycles. The third kappa shape index (κ3) is 3.00. The Labute approximate surface area is 156 Å². The summed E-state index contributed by atoms with van der Waals surface area (Å²) in [6.07, 6.45) is 0. The van der Waals surface area contributed by atoms with E-state index in [-0.39, 0.29) is 0 Å². The van der Waals surface area contributed by atoms with Crippen molar-refractivity contribution in [2.75, 3.05) is 7.11 Å². The van der Waals surface area contributed by atoms with E-state index in [9.17, 15) is 0 Å². The second-order valence-electron chi connectivity index (χ2n) is 5.92. The zero-order chi connectivity index (χ0) is 18.1. The van der Waals surface area contributed by atoms with Gasteiger partial charge < -0.3 is 4.74 Å². The molecule has 26 heavy (non-hydrogen) atoms. The summed E-state index contributed by atoms with van der Waals surface area (Å²) in [5, 5.41) is 1.56. The fourth-order valence-corrected chi connectivity index (χ4v) is 3.10. The number of aryl methyl sites for hydroxylation is 1. The fraction of sp³-hybridized carbons (Fsp3) is 0.0952. The number of hydrogen-bond acceptors (Lipinski definition) is 4. The van der Waals surface area contributed by atoms with Gasteiger partial charge in [0.25, 0.3) is 0 Å². The molecule has 0 fully saturated rings. The number of fused-ring (bicyclic) bond motifs is 1. The van der Waals surface area contributed by atoms with Gasteiger partial charge in [0.15, 0.2) is 5.82 Å². The Kier molecular flexibility index (Phi) is 4.27. The Bertz CT molecular complexity index is 1110. The normalized spacial score (nSPS) is 10.9. The van der Waals surface area contributed by atoms with E-state index in [1.165, 1.54) is 0 Å². The van der Waals surface area contributed by atoms with Crippen LogP contribution in [0.1, 0.15) is 5.69 Å². The van der Waals surface area contributed by atoms with Gasteiger partial charge in [-0.3, -0.25) is 0 Å². The minimum absolute atomic E-state index is 0.574. The lowest BCUT2D eigenvalue weighted by Crippen LogP contribution is -1.98. The van der Waals surface area contributed by atoms with E-state index in [1.807, 2.05) is 61.5 Å². The van der Waals surface area contributed by atoms with Crippen molar-refractivity contribution in [2.45, 2.75) is 6.92 Å². The summed E-state index contributed by atoms with van der Waals surface area (Å²) in [4.78, 5) is 14.1. The average Bonchev–Trinajstić information content (AvgIpc) is 2.67. The van der Waals surface area contributed by atoms with Crippen molar-refractivity contribution in [3.8, 4) is 28.5 Å². The highest BCUT2D eigenvalue weighted by Gasteiger charge is 2.15. The predicted molar refractivity (Wildman–Crippen MR) is 105 cm³/mol. The molecule has 0 saturated heterocycles. The molecule has 0 amide bonds. The largest absolute Gasteiger partial charge is 0.496 e. The molecule has 2 aromatic carbocycles. The molecule has 0 aliphatic rings. The molecule has 0 unspecified atom stereocenters. The first kappa shape index (κ1) is 16.5. The zero-order valence-electron chi connectivity index (χ0n) is 14.4. The average molecular weight is 362 g/mol. The van der Waals surface area contributed by atoms with Crippen LogP contribution in [0.5, 0.6) is 5.75 Å². The highest BCUT2D eigenvalue weighted by Crippen LogP contribution is 2.36. The number of methoxy groups -OCH3 is 1. The Morgan fingerprint density at radius 2 is 1.73 bits per heavy atom. The number of ether oxygens (including phenoxy) is 1. The number of nitrogens with zero attached hydrogens (tertiary/aromatic N) is 3. The Hall–Kier alpha value is -2.98. The number of para-hydroxylation sites is 1. The van der Waals surface area contributed by atoms with E-state index in [0.29, 0.717) is 16.6 Å². The summed E-state index contributed by atoms with van der Waals surface area (Å²) in [5.74, 6) is 1.28. The molecule has 4 rings (SSSR count). The number of pyridine rings is 1. The molecule has 4 nitrogen and oxygen atoms in total. The van der Waals surface area contributed by atoms with Gasteiger partial charge in [0.1, 0.15) is 11.4 Å². The van der Waals surface area contributed by atoms with Gasteiger partial charge in [0.2, 0.25) is 0 Å².